The van der Waals surface area contributed by atoms with Crippen molar-refractivity contribution in [3.05, 3.63) is 30.0 Å². The molecular weight excluding hydrogens is 250 g/mol. The summed E-state index contributed by atoms with van der Waals surface area (Å²) in [6, 6.07) is 8.18. The van der Waals surface area contributed by atoms with Gasteiger partial charge in [-0.3, -0.25) is 0 Å². The molecule has 106 valence electrons. The Hall–Kier alpha value is -1.72. The van der Waals surface area contributed by atoms with Crippen LogP contribution < -0.4 is 10.6 Å². The van der Waals surface area contributed by atoms with Crippen molar-refractivity contribution in [1.29, 1.82) is 0 Å². The smallest absolute Gasteiger partial charge is 0.159 e. The first kappa shape index (κ1) is 13.3. The maximum atomic E-state index is 6.00. The summed E-state index contributed by atoms with van der Waals surface area (Å²) in [5, 5.41) is 11.1. The molecule has 5 heteroatoms. The fourth-order valence-electron chi connectivity index (χ4n) is 2.70. The molecule has 1 aliphatic heterocycles. The van der Waals surface area contributed by atoms with Crippen molar-refractivity contribution < 1.29 is 0 Å². The molecule has 0 saturated carbocycles. The molecule has 0 aliphatic carbocycles. The molecule has 1 aromatic heterocycles. The fraction of sp³-hybridized carbons (Fsp3) is 0.467. The number of nitrogens with zero attached hydrogens (tertiary/aromatic N) is 4. The van der Waals surface area contributed by atoms with E-state index < -0.39 is 0 Å². The van der Waals surface area contributed by atoms with Crippen molar-refractivity contribution in [2.45, 2.75) is 13.0 Å². The third-order valence-corrected chi connectivity index (χ3v) is 3.93. The molecule has 1 fully saturated rings. The molecule has 0 spiro atoms. The summed E-state index contributed by atoms with van der Waals surface area (Å²) < 4.78 is 0. The normalized spacial score (nSPS) is 18.4. The van der Waals surface area contributed by atoms with E-state index in [2.05, 4.69) is 45.2 Å². The van der Waals surface area contributed by atoms with E-state index >= 15 is 0 Å². The van der Waals surface area contributed by atoms with Gasteiger partial charge in [-0.05, 0) is 14.0 Å². The molecule has 2 aromatic rings. The third-order valence-electron chi connectivity index (χ3n) is 3.93. The van der Waals surface area contributed by atoms with E-state index in [1.54, 1.807) is 0 Å². The average molecular weight is 271 g/mol. The molecule has 5 nitrogen and oxygen atoms in total. The molecule has 1 aromatic carbocycles. The van der Waals surface area contributed by atoms with Crippen LogP contribution in [-0.2, 0) is 0 Å². The molecule has 1 aliphatic rings. The number of rotatable bonds is 2. The van der Waals surface area contributed by atoms with E-state index in [9.17, 15) is 0 Å². The van der Waals surface area contributed by atoms with E-state index in [-0.39, 0.29) is 6.04 Å². The van der Waals surface area contributed by atoms with Crippen LogP contribution in [0.5, 0.6) is 0 Å². The highest BCUT2D eigenvalue weighted by Gasteiger charge is 2.19. The molecule has 0 radical (unpaired) electrons. The zero-order valence-electron chi connectivity index (χ0n) is 12.1. The van der Waals surface area contributed by atoms with Crippen LogP contribution in [0.4, 0.5) is 5.82 Å². The number of aromatic nitrogens is 2. The SMILES string of the molecule is CC(N)c1nnc(N2CCN(C)CC2)c2ccccc12. The number of fused-ring (bicyclic) bond motifs is 1. The van der Waals surface area contributed by atoms with Crippen LogP contribution in [0.15, 0.2) is 24.3 Å². The lowest BCUT2D eigenvalue weighted by Crippen LogP contribution is -2.45. The Kier molecular flexibility index (Phi) is 3.54. The van der Waals surface area contributed by atoms with E-state index in [0.717, 1.165) is 48.5 Å². The number of anilines is 1. The van der Waals surface area contributed by atoms with E-state index in [1.807, 2.05) is 13.0 Å². The summed E-state index contributed by atoms with van der Waals surface area (Å²) >= 11 is 0. The average Bonchev–Trinajstić information content (AvgIpc) is 2.47. The maximum Gasteiger partial charge on any atom is 0.159 e. The molecule has 1 atom stereocenters. The molecule has 1 unspecified atom stereocenters. The summed E-state index contributed by atoms with van der Waals surface area (Å²) in [5.41, 5.74) is 6.88. The second kappa shape index (κ2) is 5.34. The van der Waals surface area contributed by atoms with Gasteiger partial charge in [0.2, 0.25) is 0 Å². The molecular formula is C15H21N5. The molecule has 0 bridgehead atoms. The monoisotopic (exact) mass is 271 g/mol. The number of piperazine rings is 1. The van der Waals surface area contributed by atoms with Gasteiger partial charge < -0.3 is 15.5 Å². The van der Waals surface area contributed by atoms with Crippen molar-refractivity contribution in [1.82, 2.24) is 15.1 Å². The summed E-state index contributed by atoms with van der Waals surface area (Å²) in [4.78, 5) is 4.66. The Morgan fingerprint density at radius 2 is 1.70 bits per heavy atom. The van der Waals surface area contributed by atoms with E-state index in [4.69, 9.17) is 5.73 Å². The van der Waals surface area contributed by atoms with Crippen molar-refractivity contribution >= 4 is 16.6 Å². The van der Waals surface area contributed by atoms with Crippen LogP contribution in [0.2, 0.25) is 0 Å². The quantitative estimate of drug-likeness (QED) is 0.894. The largest absolute Gasteiger partial charge is 0.352 e. The highest BCUT2D eigenvalue weighted by atomic mass is 15.3. The van der Waals surface area contributed by atoms with Gasteiger partial charge in [-0.25, -0.2) is 0 Å². The minimum absolute atomic E-state index is 0.103. The van der Waals surface area contributed by atoms with Gasteiger partial charge in [0, 0.05) is 43.0 Å². The molecule has 1 saturated heterocycles. The first-order valence-electron chi connectivity index (χ1n) is 7.11. The van der Waals surface area contributed by atoms with Crippen molar-refractivity contribution in [2.75, 3.05) is 38.1 Å². The number of nitrogens with two attached hydrogens (primary N) is 1. The maximum absolute atomic E-state index is 6.00. The molecule has 2 N–H and O–H groups in total. The third kappa shape index (κ3) is 2.34. The molecule has 3 rings (SSSR count). The molecule has 0 amide bonds. The standard InChI is InChI=1S/C15H21N5/c1-11(16)14-12-5-3-4-6-13(12)15(18-17-14)20-9-7-19(2)8-10-20/h3-6,11H,7-10,16H2,1-2H3. The Balaban J connectivity index is 2.06. The van der Waals surface area contributed by atoms with Crippen LogP contribution in [0.1, 0.15) is 18.7 Å². The Labute approximate surface area is 119 Å². The van der Waals surface area contributed by atoms with Gasteiger partial charge in [0.05, 0.1) is 5.69 Å². The lowest BCUT2D eigenvalue weighted by molar-refractivity contribution is 0.312. The summed E-state index contributed by atoms with van der Waals surface area (Å²) in [6.45, 7) is 6.06. The Bertz CT molecular complexity index is 602. The van der Waals surface area contributed by atoms with Gasteiger partial charge in [0.15, 0.2) is 5.82 Å². The number of hydrogen-bond acceptors (Lipinski definition) is 5. The zero-order valence-corrected chi connectivity index (χ0v) is 12.1. The summed E-state index contributed by atoms with van der Waals surface area (Å²) in [7, 11) is 2.15. The van der Waals surface area contributed by atoms with E-state index in [1.165, 1.54) is 0 Å². The zero-order chi connectivity index (χ0) is 14.1. The van der Waals surface area contributed by atoms with Gasteiger partial charge in [-0.15, -0.1) is 5.10 Å². The predicted molar refractivity (Wildman–Crippen MR) is 81.9 cm³/mol. The van der Waals surface area contributed by atoms with Gasteiger partial charge in [0.25, 0.3) is 0 Å². The van der Waals surface area contributed by atoms with Crippen LogP contribution >= 0.6 is 0 Å². The summed E-state index contributed by atoms with van der Waals surface area (Å²) in [5.74, 6) is 0.984. The lowest BCUT2D eigenvalue weighted by atomic mass is 10.1. The topological polar surface area (TPSA) is 58.3 Å². The first-order valence-corrected chi connectivity index (χ1v) is 7.11. The van der Waals surface area contributed by atoms with Crippen LogP contribution in [0.25, 0.3) is 10.8 Å². The number of likely N-dealkylation sites (N-methyl/N-ethyl adjacent to an activating group) is 1. The Morgan fingerprint density at radius 3 is 2.35 bits per heavy atom. The molecule has 2 heterocycles. The van der Waals surface area contributed by atoms with Crippen LogP contribution in [0, 0.1) is 0 Å². The van der Waals surface area contributed by atoms with Gasteiger partial charge in [0.1, 0.15) is 0 Å². The highest BCUT2D eigenvalue weighted by Crippen LogP contribution is 2.28. The summed E-state index contributed by atoms with van der Waals surface area (Å²) in [6.07, 6.45) is 0. The highest BCUT2D eigenvalue weighted by molar-refractivity contribution is 5.93. The second-order valence-electron chi connectivity index (χ2n) is 5.53. The number of hydrogen-bond donors (Lipinski definition) is 1. The van der Waals surface area contributed by atoms with Crippen molar-refractivity contribution in [2.24, 2.45) is 5.73 Å². The van der Waals surface area contributed by atoms with Crippen molar-refractivity contribution in [3.8, 4) is 0 Å². The molecule has 20 heavy (non-hydrogen) atoms. The lowest BCUT2D eigenvalue weighted by Gasteiger charge is -2.33. The Morgan fingerprint density at radius 1 is 1.05 bits per heavy atom. The fourth-order valence-corrected chi connectivity index (χ4v) is 2.70. The predicted octanol–water partition coefficient (Wildman–Crippen LogP) is 1.40. The van der Waals surface area contributed by atoms with Crippen LogP contribution in [0.3, 0.4) is 0 Å². The van der Waals surface area contributed by atoms with Gasteiger partial charge >= 0.3 is 0 Å². The minimum atomic E-state index is -0.103. The first-order chi connectivity index (χ1) is 9.66. The second-order valence-corrected chi connectivity index (χ2v) is 5.53. The minimum Gasteiger partial charge on any atom is -0.352 e. The van der Waals surface area contributed by atoms with Gasteiger partial charge in [-0.1, -0.05) is 24.3 Å². The van der Waals surface area contributed by atoms with Gasteiger partial charge in [-0.2, -0.15) is 5.10 Å². The number of benzene rings is 1. The van der Waals surface area contributed by atoms with E-state index in [0.29, 0.717) is 0 Å². The van der Waals surface area contributed by atoms with Crippen molar-refractivity contribution in [3.63, 3.8) is 0 Å². The van der Waals surface area contributed by atoms with Crippen LogP contribution in [-0.4, -0.2) is 48.3 Å².